The number of ether oxygens (including phenoxy) is 1. The SMILES string of the molecule is CC(NCCCC[C@@H](NC(=O)OCc1cccc2c1Cc1ccccc1-2)C(=O)O)=C1C(=O)CC(C)(C)CC1=O. The zero-order chi connectivity index (χ0) is 28.2. The summed E-state index contributed by atoms with van der Waals surface area (Å²) in [5.41, 5.74) is 6.08. The van der Waals surface area contributed by atoms with E-state index in [0.717, 1.165) is 23.1 Å². The lowest BCUT2D eigenvalue weighted by atomic mass is 9.73. The second kappa shape index (κ2) is 11.8. The third-order valence-electron chi connectivity index (χ3n) is 7.42. The monoisotopic (exact) mass is 532 g/mol. The smallest absolute Gasteiger partial charge is 0.408 e. The normalized spacial score (nSPS) is 16.2. The van der Waals surface area contributed by atoms with Gasteiger partial charge in [0.1, 0.15) is 12.6 Å². The molecule has 206 valence electrons. The van der Waals surface area contributed by atoms with Crippen LogP contribution in [0.1, 0.15) is 69.6 Å². The molecule has 0 bridgehead atoms. The van der Waals surface area contributed by atoms with E-state index in [1.807, 2.05) is 38.1 Å². The van der Waals surface area contributed by atoms with Crippen molar-refractivity contribution in [3.63, 3.8) is 0 Å². The van der Waals surface area contributed by atoms with Gasteiger partial charge < -0.3 is 20.5 Å². The first-order valence-corrected chi connectivity index (χ1v) is 13.4. The van der Waals surface area contributed by atoms with E-state index in [0.29, 0.717) is 37.9 Å². The molecule has 2 aromatic carbocycles. The van der Waals surface area contributed by atoms with Gasteiger partial charge >= 0.3 is 12.1 Å². The van der Waals surface area contributed by atoms with Crippen LogP contribution in [0.5, 0.6) is 0 Å². The maximum Gasteiger partial charge on any atom is 0.408 e. The lowest BCUT2D eigenvalue weighted by Crippen LogP contribution is -2.41. The number of fused-ring (bicyclic) bond motifs is 3. The predicted octanol–water partition coefficient (Wildman–Crippen LogP) is 4.93. The molecule has 2 aliphatic rings. The lowest BCUT2D eigenvalue weighted by molar-refractivity contribution is -0.139. The van der Waals surface area contributed by atoms with Crippen LogP contribution in [0.3, 0.4) is 0 Å². The van der Waals surface area contributed by atoms with Crippen LogP contribution in [-0.2, 0) is 32.1 Å². The Hall–Kier alpha value is -3.94. The number of alkyl carbamates (subject to hydrolysis) is 1. The van der Waals surface area contributed by atoms with Gasteiger partial charge in [0.25, 0.3) is 0 Å². The van der Waals surface area contributed by atoms with E-state index in [2.05, 4.69) is 28.8 Å². The number of unbranched alkanes of at least 4 members (excludes halogenated alkanes) is 1. The maximum atomic E-state index is 12.4. The molecule has 4 rings (SSSR count). The molecule has 8 nitrogen and oxygen atoms in total. The molecule has 0 unspecified atom stereocenters. The van der Waals surface area contributed by atoms with Crippen LogP contribution in [0.15, 0.2) is 53.7 Å². The first-order valence-electron chi connectivity index (χ1n) is 13.4. The number of carboxylic acids is 1. The topological polar surface area (TPSA) is 122 Å². The van der Waals surface area contributed by atoms with Gasteiger partial charge in [0.05, 0.1) is 5.57 Å². The number of hydrogen-bond donors (Lipinski definition) is 3. The highest BCUT2D eigenvalue weighted by Crippen LogP contribution is 2.38. The highest BCUT2D eigenvalue weighted by Gasteiger charge is 2.36. The number of carbonyl (C=O) groups excluding carboxylic acids is 3. The molecule has 1 saturated carbocycles. The second-order valence-electron chi connectivity index (χ2n) is 11.2. The van der Waals surface area contributed by atoms with Crippen LogP contribution in [0, 0.1) is 5.41 Å². The summed E-state index contributed by atoms with van der Waals surface area (Å²) in [5.74, 6) is -1.41. The Morgan fingerprint density at radius 2 is 1.69 bits per heavy atom. The van der Waals surface area contributed by atoms with E-state index >= 15 is 0 Å². The van der Waals surface area contributed by atoms with E-state index < -0.39 is 18.1 Å². The van der Waals surface area contributed by atoms with Gasteiger partial charge in [0.2, 0.25) is 0 Å². The molecule has 2 aromatic rings. The molecule has 8 heteroatoms. The maximum absolute atomic E-state index is 12.4. The Morgan fingerprint density at radius 1 is 1.00 bits per heavy atom. The molecule has 39 heavy (non-hydrogen) atoms. The van der Waals surface area contributed by atoms with Gasteiger partial charge in [-0.2, -0.15) is 0 Å². The molecule has 0 radical (unpaired) electrons. The van der Waals surface area contributed by atoms with Gasteiger partial charge in [-0.3, -0.25) is 9.59 Å². The lowest BCUT2D eigenvalue weighted by Gasteiger charge is -2.29. The van der Waals surface area contributed by atoms with E-state index in [1.54, 1.807) is 6.92 Å². The molecular weight excluding hydrogens is 496 g/mol. The third kappa shape index (κ3) is 6.74. The fraction of sp³-hybridized carbons (Fsp3) is 0.419. The van der Waals surface area contributed by atoms with Crippen LogP contribution >= 0.6 is 0 Å². The zero-order valence-electron chi connectivity index (χ0n) is 22.8. The Kier molecular flexibility index (Phi) is 8.53. The van der Waals surface area contributed by atoms with Crippen molar-refractivity contribution in [2.24, 2.45) is 5.41 Å². The van der Waals surface area contributed by atoms with E-state index in [4.69, 9.17) is 4.74 Å². The molecule has 3 N–H and O–H groups in total. The molecule has 2 aliphatic carbocycles. The van der Waals surface area contributed by atoms with Crippen molar-refractivity contribution < 1.29 is 29.0 Å². The fourth-order valence-electron chi connectivity index (χ4n) is 5.46. The summed E-state index contributed by atoms with van der Waals surface area (Å²) in [6.07, 6.45) is 2.04. The van der Waals surface area contributed by atoms with Crippen molar-refractivity contribution in [2.75, 3.05) is 6.54 Å². The molecule has 1 fully saturated rings. The number of carboxylic acid groups (broad SMARTS) is 1. The van der Waals surface area contributed by atoms with Crippen LogP contribution in [0.2, 0.25) is 0 Å². The Morgan fingerprint density at radius 3 is 2.41 bits per heavy atom. The summed E-state index contributed by atoms with van der Waals surface area (Å²) >= 11 is 0. The minimum atomic E-state index is -1.13. The summed E-state index contributed by atoms with van der Waals surface area (Å²) in [5, 5.41) is 15.2. The number of amides is 1. The molecule has 0 spiro atoms. The van der Waals surface area contributed by atoms with Gasteiger partial charge in [-0.05, 0) is 65.8 Å². The Balaban J connectivity index is 1.23. The first kappa shape index (κ1) is 28.1. The number of aliphatic carboxylic acids is 1. The number of carbonyl (C=O) groups is 4. The number of Topliss-reactive ketones (excluding diaryl/α,β-unsaturated/α-hetero) is 2. The summed E-state index contributed by atoms with van der Waals surface area (Å²) in [7, 11) is 0. The average Bonchev–Trinajstić information content (AvgIpc) is 3.24. The van der Waals surface area contributed by atoms with E-state index in [9.17, 15) is 24.3 Å². The largest absolute Gasteiger partial charge is 0.480 e. The van der Waals surface area contributed by atoms with Gasteiger partial charge in [0, 0.05) is 25.1 Å². The third-order valence-corrected chi connectivity index (χ3v) is 7.42. The predicted molar refractivity (Wildman–Crippen MR) is 147 cm³/mol. The van der Waals surface area contributed by atoms with Crippen molar-refractivity contribution in [1.29, 1.82) is 0 Å². The van der Waals surface area contributed by atoms with Gasteiger partial charge in [-0.1, -0.05) is 56.3 Å². The minimum absolute atomic E-state index is 0.0574. The highest BCUT2D eigenvalue weighted by molar-refractivity contribution is 6.22. The molecule has 1 atom stereocenters. The average molecular weight is 533 g/mol. The summed E-state index contributed by atoms with van der Waals surface area (Å²) in [4.78, 5) is 49.0. The quantitative estimate of drug-likeness (QED) is 0.192. The van der Waals surface area contributed by atoms with Gasteiger partial charge in [-0.25, -0.2) is 9.59 Å². The van der Waals surface area contributed by atoms with Crippen LogP contribution in [-0.4, -0.2) is 41.3 Å². The Bertz CT molecular complexity index is 1300. The van der Waals surface area contributed by atoms with Gasteiger partial charge in [-0.15, -0.1) is 0 Å². The highest BCUT2D eigenvalue weighted by atomic mass is 16.5. The second-order valence-corrected chi connectivity index (χ2v) is 11.2. The number of rotatable bonds is 10. The first-order chi connectivity index (χ1) is 18.6. The minimum Gasteiger partial charge on any atom is -0.480 e. The standard InChI is InChI=1S/C31H36N2O6/c1-19(28-26(34)16-31(2,3)17-27(28)35)32-14-7-6-13-25(29(36)37)33-30(38)39-18-21-10-8-12-23-22-11-5-4-9-20(22)15-24(21)23/h4-5,8-12,25,32H,6-7,13-18H2,1-3H3,(H,33,38)(H,36,37)/t25-/m1/s1. The van der Waals surface area contributed by atoms with Crippen molar-refractivity contribution in [2.45, 2.75) is 71.9 Å². The molecule has 0 aliphatic heterocycles. The van der Waals surface area contributed by atoms with Crippen molar-refractivity contribution in [3.05, 3.63) is 70.4 Å². The molecule has 0 saturated heterocycles. The van der Waals surface area contributed by atoms with Crippen LogP contribution in [0.4, 0.5) is 4.79 Å². The molecular formula is C31H36N2O6. The number of ketones is 2. The van der Waals surface area contributed by atoms with E-state index in [1.165, 1.54) is 11.1 Å². The van der Waals surface area contributed by atoms with Crippen molar-refractivity contribution in [1.82, 2.24) is 10.6 Å². The zero-order valence-corrected chi connectivity index (χ0v) is 22.8. The summed E-state index contributed by atoms with van der Waals surface area (Å²) in [6, 6.07) is 13.0. The summed E-state index contributed by atoms with van der Waals surface area (Å²) in [6.45, 7) is 6.09. The Labute approximate surface area is 228 Å². The number of allylic oxidation sites excluding steroid dienone is 2. The van der Waals surface area contributed by atoms with Crippen LogP contribution in [0.25, 0.3) is 11.1 Å². The molecule has 0 aromatic heterocycles. The van der Waals surface area contributed by atoms with Crippen LogP contribution < -0.4 is 10.6 Å². The number of hydrogen-bond acceptors (Lipinski definition) is 6. The van der Waals surface area contributed by atoms with Crippen molar-refractivity contribution >= 4 is 23.6 Å². The fourth-order valence-corrected chi connectivity index (χ4v) is 5.46. The van der Waals surface area contributed by atoms with Crippen molar-refractivity contribution in [3.8, 4) is 11.1 Å². The number of benzene rings is 2. The van der Waals surface area contributed by atoms with E-state index in [-0.39, 0.29) is 35.6 Å². The number of nitrogens with one attached hydrogen (secondary N) is 2. The van der Waals surface area contributed by atoms with Gasteiger partial charge in [0.15, 0.2) is 11.6 Å². The molecule has 0 heterocycles. The molecule has 1 amide bonds. The summed E-state index contributed by atoms with van der Waals surface area (Å²) < 4.78 is 5.40.